The van der Waals surface area contributed by atoms with Crippen LogP contribution in [-0.4, -0.2) is 33.8 Å². The Hall–Kier alpha value is -5.15. The van der Waals surface area contributed by atoms with Crippen molar-refractivity contribution in [3.8, 4) is 5.75 Å². The summed E-state index contributed by atoms with van der Waals surface area (Å²) in [7, 11) is 1.48. The number of halogens is 2. The summed E-state index contributed by atoms with van der Waals surface area (Å²) in [5.74, 6) is -0.537. The molecule has 0 saturated heterocycles. The Morgan fingerprint density at radius 1 is 0.902 bits per heavy atom. The summed E-state index contributed by atoms with van der Waals surface area (Å²) in [5.41, 5.74) is 3.28. The summed E-state index contributed by atoms with van der Waals surface area (Å²) >= 11 is 5.94. The molecule has 0 spiro atoms. The quantitative estimate of drug-likeness (QED) is 0.161. The molecule has 0 aliphatic carbocycles. The van der Waals surface area contributed by atoms with Crippen molar-refractivity contribution in [3.63, 3.8) is 0 Å². The van der Waals surface area contributed by atoms with Gasteiger partial charge in [-0.25, -0.2) is 19.3 Å². The molecule has 4 aromatic carbocycles. The molecule has 2 aromatic heterocycles. The number of hydrogen-bond donors (Lipinski definition) is 2. The van der Waals surface area contributed by atoms with E-state index in [9.17, 15) is 14.0 Å². The Bertz CT molecular complexity index is 2030. The number of amides is 1. The van der Waals surface area contributed by atoms with Crippen LogP contribution >= 0.6 is 11.6 Å². The van der Waals surface area contributed by atoms with Gasteiger partial charge in [0.15, 0.2) is 5.78 Å². The number of para-hydroxylation sites is 1. The largest absolute Gasteiger partial charge is 0.494 e. The van der Waals surface area contributed by atoms with Crippen molar-refractivity contribution in [1.82, 2.24) is 15.0 Å². The number of nitrogens with one attached hydrogen (secondary N) is 2. The Labute approximate surface area is 238 Å². The summed E-state index contributed by atoms with van der Waals surface area (Å²) in [6.45, 7) is 1.42. The molecule has 0 bridgehead atoms. The molecule has 0 unspecified atom stereocenters. The smallest absolute Gasteiger partial charge is 0.256 e. The molecule has 0 aliphatic heterocycles. The Kier molecular flexibility index (Phi) is 6.64. The second-order valence-electron chi connectivity index (χ2n) is 9.29. The third-order valence-electron chi connectivity index (χ3n) is 6.68. The molecule has 8 nitrogen and oxygen atoms in total. The number of carbonyl (C=O) groups is 2. The van der Waals surface area contributed by atoms with Crippen LogP contribution in [0.1, 0.15) is 27.6 Å². The average molecular weight is 566 g/mol. The number of methoxy groups -OCH3 is 1. The molecule has 1 amide bonds. The molecule has 2 heterocycles. The molecule has 10 heteroatoms. The van der Waals surface area contributed by atoms with E-state index in [0.717, 1.165) is 10.9 Å². The third kappa shape index (κ3) is 4.87. The third-order valence-corrected chi connectivity index (χ3v) is 6.97. The topological polar surface area (TPSA) is 106 Å². The SMILES string of the molecule is COc1cc2ncnc(Nc3ccc(F)c(Cl)c3)c2cc1NC(=O)c1ccc2nc3ccccc3cc2c1C(C)=O. The standard InChI is InChI=1S/C31H21ClFN5O3/c1-16(39)29-19(8-10-25-20(29)11-17-5-3-4-6-24(17)37-25)31(40)38-27-13-21-26(14-28(27)41-2)34-15-35-30(21)36-18-7-9-23(33)22(32)12-18/h3-15H,1-2H3,(H,38,40)(H,34,35,36). The van der Waals surface area contributed by atoms with Crippen LogP contribution in [0.15, 0.2) is 79.1 Å². The van der Waals surface area contributed by atoms with E-state index in [4.69, 9.17) is 16.3 Å². The van der Waals surface area contributed by atoms with Crippen molar-refractivity contribution in [2.45, 2.75) is 6.92 Å². The van der Waals surface area contributed by atoms with Crippen LogP contribution in [0.2, 0.25) is 5.02 Å². The minimum atomic E-state index is -0.540. The zero-order valence-corrected chi connectivity index (χ0v) is 22.6. The highest BCUT2D eigenvalue weighted by Gasteiger charge is 2.21. The highest BCUT2D eigenvalue weighted by Crippen LogP contribution is 2.34. The van der Waals surface area contributed by atoms with Gasteiger partial charge in [-0.3, -0.25) is 9.59 Å². The van der Waals surface area contributed by atoms with Gasteiger partial charge in [0.05, 0.1) is 39.9 Å². The zero-order valence-electron chi connectivity index (χ0n) is 21.8. The van der Waals surface area contributed by atoms with Crippen LogP contribution in [0.3, 0.4) is 0 Å². The predicted molar refractivity (Wildman–Crippen MR) is 158 cm³/mol. The van der Waals surface area contributed by atoms with Crippen molar-refractivity contribution < 1.29 is 18.7 Å². The van der Waals surface area contributed by atoms with Crippen LogP contribution in [0.25, 0.3) is 32.7 Å². The van der Waals surface area contributed by atoms with Crippen molar-refractivity contribution in [2.75, 3.05) is 17.7 Å². The summed E-state index contributed by atoms with van der Waals surface area (Å²) in [6, 6.07) is 20.3. The maximum absolute atomic E-state index is 13.7. The first-order chi connectivity index (χ1) is 19.8. The van der Waals surface area contributed by atoms with E-state index in [1.54, 1.807) is 24.3 Å². The van der Waals surface area contributed by atoms with Crippen LogP contribution in [0.4, 0.5) is 21.6 Å². The molecule has 6 aromatic rings. The number of hydrogen-bond acceptors (Lipinski definition) is 7. The molecular formula is C31H21ClFN5O3. The minimum absolute atomic E-state index is 0.0390. The van der Waals surface area contributed by atoms with Crippen molar-refractivity contribution in [1.29, 1.82) is 0 Å². The summed E-state index contributed by atoms with van der Waals surface area (Å²) in [6.07, 6.45) is 1.37. The van der Waals surface area contributed by atoms with E-state index >= 15 is 0 Å². The number of ether oxygens (including phenoxy) is 1. The minimum Gasteiger partial charge on any atom is -0.494 e. The molecule has 0 atom stereocenters. The molecule has 0 saturated carbocycles. The van der Waals surface area contributed by atoms with Gasteiger partial charge in [0, 0.05) is 33.5 Å². The fraction of sp³-hybridized carbons (Fsp3) is 0.0645. The monoisotopic (exact) mass is 565 g/mol. The van der Waals surface area contributed by atoms with E-state index in [-0.39, 0.29) is 21.9 Å². The number of aromatic nitrogens is 3. The number of pyridine rings is 1. The number of Topliss-reactive ketones (excluding diaryl/α,β-unsaturated/α-hetero) is 1. The average Bonchev–Trinajstić information content (AvgIpc) is 2.97. The second-order valence-corrected chi connectivity index (χ2v) is 9.70. The van der Waals surface area contributed by atoms with Crippen LogP contribution in [0.5, 0.6) is 5.75 Å². The van der Waals surface area contributed by atoms with Gasteiger partial charge in [-0.15, -0.1) is 0 Å². The van der Waals surface area contributed by atoms with Gasteiger partial charge in [-0.05, 0) is 55.5 Å². The maximum Gasteiger partial charge on any atom is 0.256 e. The highest BCUT2D eigenvalue weighted by atomic mass is 35.5. The van der Waals surface area contributed by atoms with Gasteiger partial charge in [-0.2, -0.15) is 0 Å². The van der Waals surface area contributed by atoms with Gasteiger partial charge in [0.25, 0.3) is 5.91 Å². The van der Waals surface area contributed by atoms with Crippen molar-refractivity contribution in [3.05, 3.63) is 101 Å². The van der Waals surface area contributed by atoms with Gasteiger partial charge in [0.2, 0.25) is 0 Å². The predicted octanol–water partition coefficient (Wildman–Crippen LogP) is 7.33. The summed E-state index contributed by atoms with van der Waals surface area (Å²) < 4.78 is 19.2. The summed E-state index contributed by atoms with van der Waals surface area (Å²) in [5, 5.41) is 7.97. The first kappa shape index (κ1) is 26.1. The second kappa shape index (κ2) is 10.4. The lowest BCUT2D eigenvalue weighted by atomic mass is 9.97. The molecule has 0 fully saturated rings. The number of carbonyl (C=O) groups excluding carboxylic acids is 2. The van der Waals surface area contributed by atoms with Crippen LogP contribution in [-0.2, 0) is 0 Å². The molecule has 0 radical (unpaired) electrons. The number of nitrogens with zero attached hydrogens (tertiary/aromatic N) is 3. The Morgan fingerprint density at radius 3 is 2.51 bits per heavy atom. The first-order valence-electron chi connectivity index (χ1n) is 12.5. The lowest BCUT2D eigenvalue weighted by Gasteiger charge is -2.15. The molecule has 2 N–H and O–H groups in total. The lowest BCUT2D eigenvalue weighted by Crippen LogP contribution is -2.17. The van der Waals surface area contributed by atoms with E-state index in [1.807, 2.05) is 30.3 Å². The summed E-state index contributed by atoms with van der Waals surface area (Å²) in [4.78, 5) is 39.8. The fourth-order valence-electron chi connectivity index (χ4n) is 4.77. The van der Waals surface area contributed by atoms with Gasteiger partial charge >= 0.3 is 0 Å². The Morgan fingerprint density at radius 2 is 1.73 bits per heavy atom. The first-order valence-corrected chi connectivity index (χ1v) is 12.9. The van der Waals surface area contributed by atoms with E-state index < -0.39 is 11.7 Å². The van der Waals surface area contributed by atoms with E-state index in [1.165, 1.54) is 38.6 Å². The molecule has 6 rings (SSSR count). The Balaban J connectivity index is 1.42. The number of rotatable bonds is 6. The van der Waals surface area contributed by atoms with E-state index in [2.05, 4.69) is 25.6 Å². The molecular weight excluding hydrogens is 545 g/mol. The van der Waals surface area contributed by atoms with Crippen LogP contribution in [0, 0.1) is 5.82 Å². The fourth-order valence-corrected chi connectivity index (χ4v) is 4.95. The van der Waals surface area contributed by atoms with Gasteiger partial charge in [0.1, 0.15) is 23.7 Å². The molecule has 202 valence electrons. The van der Waals surface area contributed by atoms with Crippen molar-refractivity contribution >= 4 is 73.2 Å². The number of anilines is 3. The number of benzene rings is 4. The van der Waals surface area contributed by atoms with Gasteiger partial charge < -0.3 is 15.4 Å². The lowest BCUT2D eigenvalue weighted by molar-refractivity contribution is 0.0986. The molecule has 41 heavy (non-hydrogen) atoms. The highest BCUT2D eigenvalue weighted by molar-refractivity contribution is 6.31. The van der Waals surface area contributed by atoms with Crippen LogP contribution < -0.4 is 15.4 Å². The molecule has 0 aliphatic rings. The normalized spacial score (nSPS) is 11.1. The number of fused-ring (bicyclic) bond motifs is 3. The maximum atomic E-state index is 13.7. The number of ketones is 1. The van der Waals surface area contributed by atoms with Gasteiger partial charge in [-0.1, -0.05) is 29.8 Å². The zero-order chi connectivity index (χ0) is 28.7. The van der Waals surface area contributed by atoms with Crippen molar-refractivity contribution in [2.24, 2.45) is 0 Å². The van der Waals surface area contributed by atoms with E-state index in [0.29, 0.717) is 44.7 Å².